The highest BCUT2D eigenvalue weighted by Gasteiger charge is 2.37. The van der Waals surface area contributed by atoms with Crippen LogP contribution in [-0.2, 0) is 5.41 Å². The molecule has 0 bridgehead atoms. The molecule has 0 unspecified atom stereocenters. The predicted octanol–water partition coefficient (Wildman–Crippen LogP) is 10.4. The predicted molar refractivity (Wildman–Crippen MR) is 182 cm³/mol. The van der Waals surface area contributed by atoms with E-state index in [-0.39, 0.29) is 5.41 Å². The van der Waals surface area contributed by atoms with Crippen LogP contribution in [0.1, 0.15) is 25.0 Å². The molecule has 2 aromatic heterocycles. The van der Waals surface area contributed by atoms with E-state index in [9.17, 15) is 0 Å². The summed E-state index contributed by atoms with van der Waals surface area (Å²) >= 11 is 0. The molecule has 1 aliphatic rings. The van der Waals surface area contributed by atoms with Gasteiger partial charge in [0.1, 0.15) is 0 Å². The van der Waals surface area contributed by atoms with Gasteiger partial charge in [-0.05, 0) is 51.6 Å². The van der Waals surface area contributed by atoms with Crippen LogP contribution in [0.25, 0.3) is 72.2 Å². The second-order valence-corrected chi connectivity index (χ2v) is 12.2. The summed E-state index contributed by atoms with van der Waals surface area (Å²) in [6.45, 7) is 4.68. The van der Waals surface area contributed by atoms with Gasteiger partial charge in [-0.25, -0.2) is 9.97 Å². The first kappa shape index (κ1) is 25.0. The van der Waals surface area contributed by atoms with Crippen molar-refractivity contribution in [2.24, 2.45) is 0 Å². The van der Waals surface area contributed by atoms with E-state index >= 15 is 0 Å². The minimum atomic E-state index is -0.0676. The molecule has 0 amide bonds. The van der Waals surface area contributed by atoms with E-state index in [4.69, 9.17) is 9.97 Å². The molecule has 0 N–H and O–H groups in total. The maximum absolute atomic E-state index is 5.33. The van der Waals surface area contributed by atoms with E-state index in [2.05, 4.69) is 158 Å². The summed E-state index contributed by atoms with van der Waals surface area (Å²) in [5.74, 6) is 0.683. The van der Waals surface area contributed by atoms with Crippen LogP contribution in [0, 0.1) is 0 Å². The first-order valence-electron chi connectivity index (χ1n) is 15.2. The highest BCUT2D eigenvalue weighted by Crippen LogP contribution is 2.53. The summed E-state index contributed by atoms with van der Waals surface area (Å²) in [5, 5.41) is 3.53. The number of fused-ring (bicyclic) bond motifs is 8. The van der Waals surface area contributed by atoms with Crippen LogP contribution in [0.15, 0.2) is 140 Å². The molecule has 0 aliphatic heterocycles. The Morgan fingerprint density at radius 1 is 0.500 bits per heavy atom. The van der Waals surface area contributed by atoms with Gasteiger partial charge in [0.2, 0.25) is 5.95 Å². The first-order chi connectivity index (χ1) is 21.6. The fourth-order valence-corrected chi connectivity index (χ4v) is 7.30. The maximum atomic E-state index is 5.33. The van der Waals surface area contributed by atoms with Crippen molar-refractivity contribution >= 4 is 32.7 Å². The van der Waals surface area contributed by atoms with Crippen molar-refractivity contribution < 1.29 is 0 Å². The van der Waals surface area contributed by atoms with Gasteiger partial charge in [0, 0.05) is 27.1 Å². The highest BCUT2D eigenvalue weighted by atomic mass is 15.2. The standard InChI is InChI=1S/C41H29N3/c1-41(2)32-17-9-6-14-29(32)37-33(41)24-25-36-38(37)31-16-8-11-19-35(31)44(36)40-42-34-18-10-7-15-30(34)39(43-40)28-22-20-27(21-23-28)26-12-4-3-5-13-26/h3-25H,1-2H3. The van der Waals surface area contributed by atoms with Crippen molar-refractivity contribution in [2.75, 3.05) is 0 Å². The molecule has 0 fully saturated rings. The van der Waals surface area contributed by atoms with E-state index in [1.807, 2.05) is 0 Å². The average molecular weight is 564 g/mol. The van der Waals surface area contributed by atoms with E-state index in [1.165, 1.54) is 44.2 Å². The van der Waals surface area contributed by atoms with Gasteiger partial charge in [-0.1, -0.05) is 135 Å². The van der Waals surface area contributed by atoms with E-state index < -0.39 is 0 Å². The van der Waals surface area contributed by atoms with Gasteiger partial charge in [0.25, 0.3) is 0 Å². The zero-order valence-electron chi connectivity index (χ0n) is 24.6. The molecule has 0 spiro atoms. The normalized spacial score (nSPS) is 13.4. The number of para-hydroxylation sites is 2. The Labute approximate surface area is 256 Å². The lowest BCUT2D eigenvalue weighted by atomic mass is 9.82. The maximum Gasteiger partial charge on any atom is 0.235 e. The number of rotatable bonds is 3. The molecule has 208 valence electrons. The molecule has 9 rings (SSSR count). The minimum absolute atomic E-state index is 0.0676. The molecule has 6 aromatic carbocycles. The van der Waals surface area contributed by atoms with Crippen molar-refractivity contribution in [1.29, 1.82) is 0 Å². The largest absolute Gasteiger partial charge is 0.278 e. The van der Waals surface area contributed by atoms with Gasteiger partial charge < -0.3 is 0 Å². The van der Waals surface area contributed by atoms with Gasteiger partial charge >= 0.3 is 0 Å². The van der Waals surface area contributed by atoms with Crippen LogP contribution in [0.5, 0.6) is 0 Å². The van der Waals surface area contributed by atoms with Crippen LogP contribution in [-0.4, -0.2) is 14.5 Å². The fraction of sp³-hybridized carbons (Fsp3) is 0.0732. The van der Waals surface area contributed by atoms with Gasteiger partial charge in [-0.15, -0.1) is 0 Å². The quantitative estimate of drug-likeness (QED) is 0.214. The molecule has 1 aliphatic carbocycles. The van der Waals surface area contributed by atoms with Crippen molar-refractivity contribution in [3.63, 3.8) is 0 Å². The topological polar surface area (TPSA) is 30.7 Å². The Morgan fingerprint density at radius 2 is 1.16 bits per heavy atom. The van der Waals surface area contributed by atoms with E-state index in [1.54, 1.807) is 0 Å². The molecule has 2 heterocycles. The molecule has 44 heavy (non-hydrogen) atoms. The fourth-order valence-electron chi connectivity index (χ4n) is 7.30. The second kappa shape index (κ2) is 9.23. The van der Waals surface area contributed by atoms with Gasteiger partial charge in [0.15, 0.2) is 0 Å². The minimum Gasteiger partial charge on any atom is -0.278 e. The zero-order chi connectivity index (χ0) is 29.4. The number of aromatic nitrogens is 3. The van der Waals surface area contributed by atoms with Gasteiger partial charge in [-0.2, -0.15) is 0 Å². The summed E-state index contributed by atoms with van der Waals surface area (Å²) in [5.41, 5.74) is 12.9. The lowest BCUT2D eigenvalue weighted by Gasteiger charge is -2.21. The molecule has 0 saturated carbocycles. The zero-order valence-corrected chi connectivity index (χ0v) is 24.6. The Hall–Kier alpha value is -5.54. The Balaban J connectivity index is 1.32. The molecule has 3 heteroatoms. The van der Waals surface area contributed by atoms with Crippen LogP contribution in [0.3, 0.4) is 0 Å². The first-order valence-corrected chi connectivity index (χ1v) is 15.2. The summed E-state index contributed by atoms with van der Waals surface area (Å²) in [4.78, 5) is 10.5. The van der Waals surface area contributed by atoms with Crippen molar-refractivity contribution in [3.8, 4) is 39.5 Å². The second-order valence-electron chi connectivity index (χ2n) is 12.2. The SMILES string of the molecule is CC1(C)c2ccccc2-c2c1ccc1c2c2ccccc2n1-c1nc(-c2ccc(-c3ccccc3)cc2)c2ccccc2n1. The average Bonchev–Trinajstić information content (AvgIpc) is 3.53. The van der Waals surface area contributed by atoms with Crippen LogP contribution >= 0.6 is 0 Å². The van der Waals surface area contributed by atoms with Crippen LogP contribution in [0.2, 0.25) is 0 Å². The number of hydrogen-bond acceptors (Lipinski definition) is 2. The Bertz CT molecular complexity index is 2400. The lowest BCUT2D eigenvalue weighted by molar-refractivity contribution is 0.661. The smallest absolute Gasteiger partial charge is 0.235 e. The third-order valence-electron chi connectivity index (χ3n) is 9.44. The summed E-state index contributed by atoms with van der Waals surface area (Å²) < 4.78 is 2.26. The van der Waals surface area contributed by atoms with Crippen LogP contribution in [0.4, 0.5) is 0 Å². The molecule has 0 radical (unpaired) electrons. The molecule has 3 nitrogen and oxygen atoms in total. The molecular weight excluding hydrogens is 534 g/mol. The number of benzene rings is 6. The van der Waals surface area contributed by atoms with Crippen molar-refractivity contribution in [2.45, 2.75) is 19.3 Å². The third-order valence-corrected chi connectivity index (χ3v) is 9.44. The summed E-state index contributed by atoms with van der Waals surface area (Å²) in [6.07, 6.45) is 0. The van der Waals surface area contributed by atoms with Crippen molar-refractivity contribution in [1.82, 2.24) is 14.5 Å². The lowest BCUT2D eigenvalue weighted by Crippen LogP contribution is -2.14. The highest BCUT2D eigenvalue weighted by molar-refractivity contribution is 6.17. The Kier molecular flexibility index (Phi) is 5.24. The summed E-state index contributed by atoms with van der Waals surface area (Å²) in [6, 6.07) is 49.7. The number of nitrogens with zero attached hydrogens (tertiary/aromatic N) is 3. The van der Waals surface area contributed by atoms with E-state index in [0.29, 0.717) is 5.95 Å². The molecule has 0 atom stereocenters. The summed E-state index contributed by atoms with van der Waals surface area (Å²) in [7, 11) is 0. The monoisotopic (exact) mass is 563 g/mol. The molecule has 0 saturated heterocycles. The number of hydrogen-bond donors (Lipinski definition) is 0. The Morgan fingerprint density at radius 3 is 2.00 bits per heavy atom. The van der Waals surface area contributed by atoms with Crippen molar-refractivity contribution in [3.05, 3.63) is 151 Å². The van der Waals surface area contributed by atoms with E-state index in [0.717, 1.165) is 33.2 Å². The molecular formula is C41H29N3. The van der Waals surface area contributed by atoms with Crippen LogP contribution < -0.4 is 0 Å². The third kappa shape index (κ3) is 3.50. The van der Waals surface area contributed by atoms with Gasteiger partial charge in [-0.3, -0.25) is 4.57 Å². The molecule has 8 aromatic rings. The van der Waals surface area contributed by atoms with Gasteiger partial charge in [0.05, 0.1) is 22.2 Å².